The van der Waals surface area contributed by atoms with Crippen LogP contribution in [0.25, 0.3) is 0 Å². The quantitative estimate of drug-likeness (QED) is 0.831. The number of hydrogen-bond donors (Lipinski definition) is 1. The zero-order valence-electron chi connectivity index (χ0n) is 12.6. The monoisotopic (exact) mass is 268 g/mol. The average molecular weight is 268 g/mol. The fraction of sp³-hybridized carbons (Fsp3) is 0.333. The molecule has 2 heteroatoms. The Morgan fingerprint density at radius 1 is 0.950 bits per heavy atom. The smallest absolute Gasteiger partial charge is 0.0317 e. The standard InChI is InChI=1S/C18H24N2/c1-14(2)20(12-16-9-7-15(3)8-10-16)13-17-5-4-6-18(19)11-17/h4-11,14H,12-13,19H2,1-3H3. The van der Waals surface area contributed by atoms with E-state index >= 15 is 0 Å². The van der Waals surface area contributed by atoms with Gasteiger partial charge in [0.15, 0.2) is 0 Å². The van der Waals surface area contributed by atoms with Crippen molar-refractivity contribution in [3.8, 4) is 0 Å². The predicted molar refractivity (Wildman–Crippen MR) is 86.4 cm³/mol. The summed E-state index contributed by atoms with van der Waals surface area (Å²) in [6.45, 7) is 8.49. The highest BCUT2D eigenvalue weighted by Gasteiger charge is 2.11. The van der Waals surface area contributed by atoms with Gasteiger partial charge < -0.3 is 5.73 Å². The van der Waals surface area contributed by atoms with Crippen LogP contribution < -0.4 is 5.73 Å². The van der Waals surface area contributed by atoms with E-state index in [4.69, 9.17) is 5.73 Å². The molecule has 0 aromatic heterocycles. The van der Waals surface area contributed by atoms with Crippen molar-refractivity contribution in [2.45, 2.75) is 39.9 Å². The molecule has 2 aromatic rings. The third-order valence-electron chi connectivity index (χ3n) is 3.57. The summed E-state index contributed by atoms with van der Waals surface area (Å²) in [5.41, 5.74) is 10.6. The van der Waals surface area contributed by atoms with Gasteiger partial charge in [0.05, 0.1) is 0 Å². The normalized spacial score (nSPS) is 11.2. The molecule has 2 nitrogen and oxygen atoms in total. The van der Waals surface area contributed by atoms with Crippen molar-refractivity contribution in [2.24, 2.45) is 0 Å². The summed E-state index contributed by atoms with van der Waals surface area (Å²) in [5.74, 6) is 0. The van der Waals surface area contributed by atoms with Gasteiger partial charge in [-0.15, -0.1) is 0 Å². The molecule has 2 rings (SSSR count). The molecule has 0 saturated heterocycles. The van der Waals surface area contributed by atoms with Crippen molar-refractivity contribution in [3.63, 3.8) is 0 Å². The van der Waals surface area contributed by atoms with Crippen LogP contribution in [0.15, 0.2) is 48.5 Å². The predicted octanol–water partition coefficient (Wildman–Crippen LogP) is 3.99. The summed E-state index contributed by atoms with van der Waals surface area (Å²) in [6, 6.07) is 17.4. The number of anilines is 1. The van der Waals surface area contributed by atoms with Crippen LogP contribution in [0.2, 0.25) is 0 Å². The Hall–Kier alpha value is -1.80. The minimum Gasteiger partial charge on any atom is -0.399 e. The SMILES string of the molecule is Cc1ccc(CN(Cc2cccc(N)c2)C(C)C)cc1. The Morgan fingerprint density at radius 2 is 1.60 bits per heavy atom. The first-order valence-electron chi connectivity index (χ1n) is 7.18. The van der Waals surface area contributed by atoms with Gasteiger partial charge in [-0.25, -0.2) is 0 Å². The van der Waals surface area contributed by atoms with Crippen LogP contribution in [0.3, 0.4) is 0 Å². The van der Waals surface area contributed by atoms with Gasteiger partial charge >= 0.3 is 0 Å². The second-order valence-corrected chi connectivity index (χ2v) is 5.73. The lowest BCUT2D eigenvalue weighted by Gasteiger charge is -2.27. The second kappa shape index (κ2) is 6.58. The van der Waals surface area contributed by atoms with Crippen molar-refractivity contribution in [1.29, 1.82) is 0 Å². The van der Waals surface area contributed by atoms with E-state index in [0.717, 1.165) is 18.8 Å². The van der Waals surface area contributed by atoms with Crippen LogP contribution in [0, 0.1) is 6.92 Å². The zero-order valence-corrected chi connectivity index (χ0v) is 12.6. The Morgan fingerprint density at radius 3 is 2.20 bits per heavy atom. The molecular weight excluding hydrogens is 244 g/mol. The zero-order chi connectivity index (χ0) is 14.5. The molecule has 0 fully saturated rings. The van der Waals surface area contributed by atoms with Crippen molar-refractivity contribution < 1.29 is 0 Å². The van der Waals surface area contributed by atoms with Crippen molar-refractivity contribution in [3.05, 3.63) is 65.2 Å². The van der Waals surface area contributed by atoms with E-state index < -0.39 is 0 Å². The molecule has 20 heavy (non-hydrogen) atoms. The molecule has 0 unspecified atom stereocenters. The number of aryl methyl sites for hydroxylation is 1. The molecule has 0 amide bonds. The second-order valence-electron chi connectivity index (χ2n) is 5.73. The summed E-state index contributed by atoms with van der Waals surface area (Å²) in [6.07, 6.45) is 0. The maximum atomic E-state index is 5.86. The Labute approximate surface area is 122 Å². The molecular formula is C18H24N2. The molecule has 0 aliphatic heterocycles. The number of nitrogens with two attached hydrogens (primary N) is 1. The van der Waals surface area contributed by atoms with Crippen LogP contribution in [0.1, 0.15) is 30.5 Å². The molecule has 0 aliphatic rings. The number of nitrogens with zero attached hydrogens (tertiary/aromatic N) is 1. The highest BCUT2D eigenvalue weighted by atomic mass is 15.1. The van der Waals surface area contributed by atoms with Gasteiger partial charge in [0.1, 0.15) is 0 Å². The van der Waals surface area contributed by atoms with E-state index in [-0.39, 0.29) is 0 Å². The molecule has 0 saturated carbocycles. The Bertz CT molecular complexity index is 544. The third-order valence-corrected chi connectivity index (χ3v) is 3.57. The number of hydrogen-bond acceptors (Lipinski definition) is 2. The van der Waals surface area contributed by atoms with Crippen LogP contribution >= 0.6 is 0 Å². The third kappa shape index (κ3) is 4.10. The van der Waals surface area contributed by atoms with E-state index in [1.54, 1.807) is 0 Å². The summed E-state index contributed by atoms with van der Waals surface area (Å²) in [7, 11) is 0. The van der Waals surface area contributed by atoms with Gasteiger partial charge in [-0.1, -0.05) is 42.0 Å². The minimum atomic E-state index is 0.498. The van der Waals surface area contributed by atoms with Crippen LogP contribution in [0.4, 0.5) is 5.69 Å². The molecule has 0 radical (unpaired) electrons. The van der Waals surface area contributed by atoms with Crippen molar-refractivity contribution in [2.75, 3.05) is 5.73 Å². The van der Waals surface area contributed by atoms with Crippen LogP contribution in [-0.2, 0) is 13.1 Å². The molecule has 2 aromatic carbocycles. The maximum absolute atomic E-state index is 5.86. The Kier molecular flexibility index (Phi) is 4.80. The van der Waals surface area contributed by atoms with Crippen LogP contribution in [-0.4, -0.2) is 10.9 Å². The lowest BCUT2D eigenvalue weighted by atomic mass is 10.1. The minimum absolute atomic E-state index is 0.498. The molecule has 0 spiro atoms. The van der Waals surface area contributed by atoms with Gasteiger partial charge in [-0.2, -0.15) is 0 Å². The van der Waals surface area contributed by atoms with Gasteiger partial charge in [-0.05, 0) is 44.0 Å². The number of rotatable bonds is 5. The molecule has 0 heterocycles. The molecule has 0 aliphatic carbocycles. The lowest BCUT2D eigenvalue weighted by molar-refractivity contribution is 0.203. The summed E-state index contributed by atoms with van der Waals surface area (Å²) in [4.78, 5) is 2.46. The van der Waals surface area contributed by atoms with Gasteiger partial charge in [0.25, 0.3) is 0 Å². The molecule has 0 atom stereocenters. The van der Waals surface area contributed by atoms with E-state index in [1.807, 2.05) is 12.1 Å². The average Bonchev–Trinajstić information content (AvgIpc) is 2.40. The number of nitrogen functional groups attached to an aromatic ring is 1. The Balaban J connectivity index is 2.09. The van der Waals surface area contributed by atoms with Crippen molar-refractivity contribution >= 4 is 5.69 Å². The maximum Gasteiger partial charge on any atom is 0.0317 e. The summed E-state index contributed by atoms with van der Waals surface area (Å²) in [5, 5.41) is 0. The molecule has 2 N–H and O–H groups in total. The topological polar surface area (TPSA) is 29.3 Å². The fourth-order valence-electron chi connectivity index (χ4n) is 2.28. The van der Waals surface area contributed by atoms with Gasteiger partial charge in [-0.3, -0.25) is 4.90 Å². The van der Waals surface area contributed by atoms with Crippen LogP contribution in [0.5, 0.6) is 0 Å². The van der Waals surface area contributed by atoms with Gasteiger partial charge in [0.2, 0.25) is 0 Å². The lowest BCUT2D eigenvalue weighted by Crippen LogP contribution is -2.29. The number of benzene rings is 2. The van der Waals surface area contributed by atoms with E-state index in [9.17, 15) is 0 Å². The molecule has 106 valence electrons. The van der Waals surface area contributed by atoms with E-state index in [1.165, 1.54) is 16.7 Å². The van der Waals surface area contributed by atoms with E-state index in [2.05, 4.69) is 62.1 Å². The van der Waals surface area contributed by atoms with E-state index in [0.29, 0.717) is 6.04 Å². The fourth-order valence-corrected chi connectivity index (χ4v) is 2.28. The largest absolute Gasteiger partial charge is 0.399 e. The summed E-state index contributed by atoms with van der Waals surface area (Å²) < 4.78 is 0. The highest BCUT2D eigenvalue weighted by Crippen LogP contribution is 2.15. The molecule has 0 bridgehead atoms. The summed E-state index contributed by atoms with van der Waals surface area (Å²) >= 11 is 0. The first-order valence-corrected chi connectivity index (χ1v) is 7.18. The first kappa shape index (κ1) is 14.6. The highest BCUT2D eigenvalue weighted by molar-refractivity contribution is 5.40. The van der Waals surface area contributed by atoms with Gasteiger partial charge in [0, 0.05) is 24.8 Å². The van der Waals surface area contributed by atoms with Crippen molar-refractivity contribution in [1.82, 2.24) is 4.90 Å². The first-order chi connectivity index (χ1) is 9.54.